The predicted octanol–water partition coefficient (Wildman–Crippen LogP) is 2.56. The lowest BCUT2D eigenvalue weighted by Crippen LogP contribution is -2.42. The van der Waals surface area contributed by atoms with Crippen molar-refractivity contribution in [3.63, 3.8) is 0 Å². The van der Waals surface area contributed by atoms with Crippen LogP contribution >= 0.6 is 0 Å². The van der Waals surface area contributed by atoms with E-state index in [2.05, 4.69) is 30.9 Å². The van der Waals surface area contributed by atoms with E-state index < -0.39 is 17.9 Å². The summed E-state index contributed by atoms with van der Waals surface area (Å²) in [5.74, 6) is -2.26. The van der Waals surface area contributed by atoms with E-state index in [0.29, 0.717) is 17.0 Å². The molecule has 3 aromatic heterocycles. The van der Waals surface area contributed by atoms with Crippen molar-refractivity contribution in [1.29, 1.82) is 0 Å². The zero-order chi connectivity index (χ0) is 23.8. The fraction of sp³-hybridized carbons (Fsp3) is 0.286. The molecule has 0 saturated carbocycles. The Hall–Kier alpha value is -3.96. The maximum Gasteiger partial charge on any atom is 0.453 e. The number of nitrogens with one attached hydrogen (secondary N) is 3. The molecule has 0 aliphatic rings. The van der Waals surface area contributed by atoms with Gasteiger partial charge in [0.1, 0.15) is 0 Å². The van der Waals surface area contributed by atoms with Crippen LogP contribution in [-0.2, 0) is 28.6 Å². The van der Waals surface area contributed by atoms with E-state index in [4.69, 9.17) is 0 Å². The number of carbonyl (C=O) groups excluding carboxylic acids is 2. The minimum absolute atomic E-state index is 0.0109. The molecule has 9 nitrogen and oxygen atoms in total. The number of aryl methyl sites for hydroxylation is 2. The number of nitrogens with zero attached hydrogens (tertiary/aromatic N) is 4. The van der Waals surface area contributed by atoms with Crippen LogP contribution < -0.4 is 10.9 Å². The van der Waals surface area contributed by atoms with Crippen molar-refractivity contribution in [3.05, 3.63) is 58.8 Å². The van der Waals surface area contributed by atoms with Gasteiger partial charge in [0, 0.05) is 34.9 Å². The largest absolute Gasteiger partial charge is 0.453 e. The van der Waals surface area contributed by atoms with Gasteiger partial charge in [-0.3, -0.25) is 20.4 Å². The van der Waals surface area contributed by atoms with E-state index >= 15 is 0 Å². The summed E-state index contributed by atoms with van der Waals surface area (Å²) in [4.78, 5) is 35.0. The van der Waals surface area contributed by atoms with Crippen LogP contribution in [0.5, 0.6) is 0 Å². The highest BCUT2D eigenvalue weighted by molar-refractivity contribution is 5.89. The first-order chi connectivity index (χ1) is 15.6. The lowest BCUT2D eigenvalue weighted by Gasteiger charge is -2.11. The Balaban J connectivity index is 1.36. The van der Waals surface area contributed by atoms with Gasteiger partial charge in [-0.15, -0.1) is 5.10 Å². The predicted molar refractivity (Wildman–Crippen MR) is 112 cm³/mol. The molecule has 0 aliphatic carbocycles. The minimum atomic E-state index is -4.68. The SMILES string of the molecule is Cc1nc2nc(C(F)(F)F)nn2c(C)c1CCC(=O)NNC(=O)Cc1c[nH]c2ccccc12. The fourth-order valence-corrected chi connectivity index (χ4v) is 3.63. The third kappa shape index (κ3) is 4.64. The van der Waals surface area contributed by atoms with Gasteiger partial charge in [-0.1, -0.05) is 18.2 Å². The lowest BCUT2D eigenvalue weighted by molar-refractivity contribution is -0.144. The normalized spacial score (nSPS) is 11.8. The average Bonchev–Trinajstić information content (AvgIpc) is 3.37. The van der Waals surface area contributed by atoms with Gasteiger partial charge in [-0.05, 0) is 37.5 Å². The van der Waals surface area contributed by atoms with Gasteiger partial charge in [0.15, 0.2) is 0 Å². The molecule has 4 aromatic rings. The second kappa shape index (κ2) is 8.52. The third-order valence-corrected chi connectivity index (χ3v) is 5.27. The van der Waals surface area contributed by atoms with Gasteiger partial charge in [0.05, 0.1) is 6.42 Å². The van der Waals surface area contributed by atoms with Crippen molar-refractivity contribution in [2.45, 2.75) is 39.3 Å². The Morgan fingerprint density at radius 3 is 2.58 bits per heavy atom. The van der Waals surface area contributed by atoms with Crippen LogP contribution in [-0.4, -0.2) is 36.4 Å². The van der Waals surface area contributed by atoms with E-state index in [-0.39, 0.29) is 30.9 Å². The molecule has 1 aromatic carbocycles. The number of hydrogen-bond acceptors (Lipinski definition) is 5. The smallest absolute Gasteiger partial charge is 0.361 e. The van der Waals surface area contributed by atoms with E-state index in [0.717, 1.165) is 21.0 Å². The van der Waals surface area contributed by atoms with E-state index in [1.165, 1.54) is 0 Å². The van der Waals surface area contributed by atoms with Gasteiger partial charge >= 0.3 is 6.18 Å². The molecular weight excluding hydrogens is 439 g/mol. The van der Waals surface area contributed by atoms with Crippen molar-refractivity contribution >= 4 is 28.5 Å². The number of halogens is 3. The molecule has 3 N–H and O–H groups in total. The Bertz CT molecular complexity index is 1360. The van der Waals surface area contributed by atoms with Gasteiger partial charge in [0.25, 0.3) is 11.6 Å². The number of amides is 2. The van der Waals surface area contributed by atoms with E-state index in [9.17, 15) is 22.8 Å². The zero-order valence-corrected chi connectivity index (χ0v) is 17.7. The number of alkyl halides is 3. The van der Waals surface area contributed by atoms with Gasteiger partial charge in [0.2, 0.25) is 11.8 Å². The van der Waals surface area contributed by atoms with Crippen molar-refractivity contribution in [3.8, 4) is 0 Å². The number of aromatic nitrogens is 5. The molecule has 0 fully saturated rings. The maximum atomic E-state index is 12.9. The number of aromatic amines is 1. The topological polar surface area (TPSA) is 117 Å². The molecule has 12 heteroatoms. The summed E-state index contributed by atoms with van der Waals surface area (Å²) >= 11 is 0. The van der Waals surface area contributed by atoms with Crippen LogP contribution in [0.3, 0.4) is 0 Å². The first-order valence-electron chi connectivity index (χ1n) is 10.1. The fourth-order valence-electron chi connectivity index (χ4n) is 3.63. The summed E-state index contributed by atoms with van der Waals surface area (Å²) in [6, 6.07) is 7.56. The highest BCUT2D eigenvalue weighted by atomic mass is 19.4. The number of fused-ring (bicyclic) bond motifs is 2. The molecule has 4 rings (SSSR count). The van der Waals surface area contributed by atoms with Gasteiger partial charge in [-0.25, -0.2) is 9.50 Å². The third-order valence-electron chi connectivity index (χ3n) is 5.27. The van der Waals surface area contributed by atoms with Crippen LogP contribution in [0.25, 0.3) is 16.7 Å². The van der Waals surface area contributed by atoms with Crippen molar-refractivity contribution in [2.24, 2.45) is 0 Å². The number of hydrazine groups is 1. The van der Waals surface area contributed by atoms with Crippen molar-refractivity contribution < 1.29 is 22.8 Å². The van der Waals surface area contributed by atoms with Crippen LogP contribution in [0.15, 0.2) is 30.5 Å². The number of H-pyrrole nitrogens is 1. The van der Waals surface area contributed by atoms with Crippen molar-refractivity contribution in [1.82, 2.24) is 35.4 Å². The molecule has 0 atom stereocenters. The van der Waals surface area contributed by atoms with Crippen LogP contribution in [0.1, 0.15) is 34.8 Å². The monoisotopic (exact) mass is 459 g/mol. The van der Waals surface area contributed by atoms with Gasteiger partial charge in [-0.2, -0.15) is 18.2 Å². The summed E-state index contributed by atoms with van der Waals surface area (Å²) in [6.07, 6.45) is -2.67. The van der Waals surface area contributed by atoms with E-state index in [1.54, 1.807) is 20.0 Å². The minimum Gasteiger partial charge on any atom is -0.361 e. The molecule has 0 unspecified atom stereocenters. The lowest BCUT2D eigenvalue weighted by atomic mass is 10.1. The Morgan fingerprint density at radius 2 is 1.82 bits per heavy atom. The summed E-state index contributed by atoms with van der Waals surface area (Å²) in [6.45, 7) is 3.22. The van der Waals surface area contributed by atoms with E-state index in [1.807, 2.05) is 24.3 Å². The summed E-state index contributed by atoms with van der Waals surface area (Å²) in [5.41, 5.74) is 7.91. The van der Waals surface area contributed by atoms with Crippen LogP contribution in [0.2, 0.25) is 0 Å². The first-order valence-corrected chi connectivity index (χ1v) is 10.1. The molecule has 2 amide bonds. The number of hydrogen-bond donors (Lipinski definition) is 3. The quantitative estimate of drug-likeness (QED) is 0.397. The average molecular weight is 459 g/mol. The summed E-state index contributed by atoms with van der Waals surface area (Å²) < 4.78 is 39.7. The summed E-state index contributed by atoms with van der Waals surface area (Å²) in [7, 11) is 0. The molecule has 0 saturated heterocycles. The number of carbonyl (C=O) groups is 2. The Labute approximate surface area is 185 Å². The molecule has 0 spiro atoms. The van der Waals surface area contributed by atoms with Crippen molar-refractivity contribution in [2.75, 3.05) is 0 Å². The second-order valence-corrected chi connectivity index (χ2v) is 7.54. The summed E-state index contributed by atoms with van der Waals surface area (Å²) in [5, 5.41) is 4.41. The number of benzene rings is 1. The number of rotatable bonds is 5. The Morgan fingerprint density at radius 1 is 1.09 bits per heavy atom. The highest BCUT2D eigenvalue weighted by Crippen LogP contribution is 2.27. The van der Waals surface area contributed by atoms with Crippen LogP contribution in [0.4, 0.5) is 13.2 Å². The second-order valence-electron chi connectivity index (χ2n) is 7.54. The first kappa shape index (κ1) is 22.2. The molecule has 172 valence electrons. The Kier molecular flexibility index (Phi) is 5.75. The molecule has 3 heterocycles. The molecule has 0 radical (unpaired) electrons. The molecular formula is C21H20F3N7O2. The standard InChI is InChI=1S/C21H20F3N7O2/c1-11-14(12(2)31-20(26-11)27-19(30-31)21(22,23)24)7-8-17(32)28-29-18(33)9-13-10-25-16-6-4-3-5-15(13)16/h3-6,10,25H,7-9H2,1-2H3,(H,28,32)(H,29,33). The molecule has 0 aliphatic heterocycles. The zero-order valence-electron chi connectivity index (χ0n) is 17.7. The van der Waals surface area contributed by atoms with Crippen LogP contribution in [0, 0.1) is 13.8 Å². The highest BCUT2D eigenvalue weighted by Gasteiger charge is 2.37. The molecule has 0 bridgehead atoms. The number of para-hydroxylation sites is 1. The maximum absolute atomic E-state index is 12.9. The van der Waals surface area contributed by atoms with Gasteiger partial charge < -0.3 is 4.98 Å². The molecule has 33 heavy (non-hydrogen) atoms.